The van der Waals surface area contributed by atoms with Gasteiger partial charge in [-0.2, -0.15) is 5.10 Å². The van der Waals surface area contributed by atoms with Gasteiger partial charge < -0.3 is 10.6 Å². The van der Waals surface area contributed by atoms with Crippen LogP contribution in [0, 0.1) is 0 Å². The number of hydrogen-bond acceptors (Lipinski definition) is 3. The molecule has 88 valence electrons. The van der Waals surface area contributed by atoms with Crippen molar-refractivity contribution in [3.63, 3.8) is 0 Å². The Hall–Kier alpha value is -1.36. The van der Waals surface area contributed by atoms with E-state index < -0.39 is 0 Å². The molecule has 1 fully saturated rings. The molecule has 5 heteroatoms. The van der Waals surface area contributed by atoms with Crippen LogP contribution in [0.4, 0.5) is 0 Å². The van der Waals surface area contributed by atoms with Crippen LogP contribution in [0.15, 0.2) is 18.5 Å². The van der Waals surface area contributed by atoms with Crippen molar-refractivity contribution >= 4 is 5.91 Å². The number of carbonyl (C=O) groups is 1. The summed E-state index contributed by atoms with van der Waals surface area (Å²) in [6.45, 7) is 2.43. The summed E-state index contributed by atoms with van der Waals surface area (Å²) in [4.78, 5) is 11.3. The highest BCUT2D eigenvalue weighted by atomic mass is 16.1. The van der Waals surface area contributed by atoms with E-state index in [1.165, 1.54) is 0 Å². The second kappa shape index (κ2) is 5.65. The molecule has 2 rings (SSSR count). The van der Waals surface area contributed by atoms with E-state index >= 15 is 0 Å². The molecule has 0 radical (unpaired) electrons. The predicted molar refractivity (Wildman–Crippen MR) is 60.9 cm³/mol. The maximum absolute atomic E-state index is 11.3. The first-order chi connectivity index (χ1) is 7.84. The molecule has 16 heavy (non-hydrogen) atoms. The van der Waals surface area contributed by atoms with E-state index in [0.29, 0.717) is 12.5 Å². The zero-order chi connectivity index (χ0) is 11.2. The average Bonchev–Trinajstić information content (AvgIpc) is 2.93. The highest BCUT2D eigenvalue weighted by Gasteiger charge is 2.22. The van der Waals surface area contributed by atoms with Crippen LogP contribution in [0.3, 0.4) is 0 Å². The maximum Gasteiger partial charge on any atom is 0.221 e. The summed E-state index contributed by atoms with van der Waals surface area (Å²) >= 11 is 0. The van der Waals surface area contributed by atoms with Crippen molar-refractivity contribution in [3.8, 4) is 0 Å². The van der Waals surface area contributed by atoms with Gasteiger partial charge in [0.05, 0.1) is 6.54 Å². The van der Waals surface area contributed by atoms with Crippen LogP contribution >= 0.6 is 0 Å². The van der Waals surface area contributed by atoms with Gasteiger partial charge in [-0.05, 0) is 18.9 Å². The predicted octanol–water partition coefficient (Wildman–Crippen LogP) is 0.141. The van der Waals surface area contributed by atoms with Crippen molar-refractivity contribution in [2.45, 2.75) is 31.8 Å². The van der Waals surface area contributed by atoms with E-state index in [9.17, 15) is 4.79 Å². The number of hydrogen-bond donors (Lipinski definition) is 2. The number of amides is 1. The van der Waals surface area contributed by atoms with Gasteiger partial charge in [-0.15, -0.1) is 0 Å². The second-order valence-corrected chi connectivity index (χ2v) is 4.11. The first kappa shape index (κ1) is 11.1. The highest BCUT2D eigenvalue weighted by Crippen LogP contribution is 2.18. The Morgan fingerprint density at radius 2 is 2.31 bits per heavy atom. The van der Waals surface area contributed by atoms with E-state index in [2.05, 4.69) is 15.7 Å². The second-order valence-electron chi connectivity index (χ2n) is 4.11. The maximum atomic E-state index is 11.3. The molecule has 0 unspecified atom stereocenters. The number of rotatable bonds is 7. The minimum Gasteiger partial charge on any atom is -0.353 e. The lowest BCUT2D eigenvalue weighted by molar-refractivity contribution is -0.121. The topological polar surface area (TPSA) is 59.0 Å². The van der Waals surface area contributed by atoms with E-state index in [0.717, 1.165) is 32.5 Å². The number of carbonyl (C=O) groups excluding carboxylic acids is 1. The van der Waals surface area contributed by atoms with Gasteiger partial charge in [0.15, 0.2) is 0 Å². The van der Waals surface area contributed by atoms with Gasteiger partial charge in [-0.1, -0.05) is 0 Å². The Morgan fingerprint density at radius 3 is 3.00 bits per heavy atom. The summed E-state index contributed by atoms with van der Waals surface area (Å²) in [6.07, 6.45) is 6.57. The molecular formula is C11H18N4O. The summed E-state index contributed by atoms with van der Waals surface area (Å²) in [5.74, 6) is 0.161. The van der Waals surface area contributed by atoms with Crippen LogP contribution in [0.25, 0.3) is 0 Å². The third-order valence-electron chi connectivity index (χ3n) is 2.55. The van der Waals surface area contributed by atoms with E-state index in [-0.39, 0.29) is 5.91 Å². The molecule has 1 saturated carbocycles. The Kier molecular flexibility index (Phi) is 3.93. The third kappa shape index (κ3) is 4.02. The third-order valence-corrected chi connectivity index (χ3v) is 2.55. The van der Waals surface area contributed by atoms with Crippen molar-refractivity contribution in [3.05, 3.63) is 18.5 Å². The van der Waals surface area contributed by atoms with Crippen LogP contribution in [-0.2, 0) is 11.3 Å². The first-order valence-electron chi connectivity index (χ1n) is 5.82. The first-order valence-corrected chi connectivity index (χ1v) is 5.82. The van der Waals surface area contributed by atoms with Gasteiger partial charge in [-0.25, -0.2) is 0 Å². The average molecular weight is 222 g/mol. The molecule has 2 N–H and O–H groups in total. The van der Waals surface area contributed by atoms with E-state index in [4.69, 9.17) is 0 Å². The lowest BCUT2D eigenvalue weighted by Crippen LogP contribution is -2.30. The van der Waals surface area contributed by atoms with Crippen molar-refractivity contribution in [1.82, 2.24) is 20.4 Å². The summed E-state index contributed by atoms with van der Waals surface area (Å²) in [5.41, 5.74) is 0. The minimum atomic E-state index is 0.161. The Labute approximate surface area is 95.2 Å². The molecule has 1 heterocycles. The summed E-state index contributed by atoms with van der Waals surface area (Å²) < 4.78 is 1.87. The lowest BCUT2D eigenvalue weighted by Gasteiger charge is -2.05. The summed E-state index contributed by atoms with van der Waals surface area (Å²) in [7, 11) is 0. The van der Waals surface area contributed by atoms with Gasteiger partial charge in [0, 0.05) is 37.9 Å². The number of aromatic nitrogens is 2. The van der Waals surface area contributed by atoms with E-state index in [1.807, 2.05) is 16.9 Å². The highest BCUT2D eigenvalue weighted by molar-refractivity contribution is 5.76. The number of nitrogens with zero attached hydrogens (tertiary/aromatic N) is 2. The van der Waals surface area contributed by atoms with Gasteiger partial charge in [0.25, 0.3) is 0 Å². The zero-order valence-corrected chi connectivity index (χ0v) is 9.35. The van der Waals surface area contributed by atoms with Gasteiger partial charge in [0.1, 0.15) is 0 Å². The Morgan fingerprint density at radius 1 is 1.44 bits per heavy atom. The molecule has 1 aromatic rings. The fraction of sp³-hybridized carbons (Fsp3) is 0.636. The molecule has 0 atom stereocenters. The largest absolute Gasteiger partial charge is 0.353 e. The van der Waals surface area contributed by atoms with Crippen molar-refractivity contribution in [1.29, 1.82) is 0 Å². The monoisotopic (exact) mass is 222 g/mol. The zero-order valence-electron chi connectivity index (χ0n) is 9.35. The molecule has 0 spiro atoms. The van der Waals surface area contributed by atoms with Crippen LogP contribution < -0.4 is 10.6 Å². The smallest absolute Gasteiger partial charge is 0.221 e. The van der Waals surface area contributed by atoms with Crippen molar-refractivity contribution < 1.29 is 4.79 Å². The lowest BCUT2D eigenvalue weighted by atomic mass is 10.4. The standard InChI is InChI=1S/C11H18N4O/c16-11(14-10-2-3-10)4-6-12-7-9-15-8-1-5-13-15/h1,5,8,10,12H,2-4,6-7,9H2,(H,14,16). The molecule has 0 aromatic carbocycles. The Bertz CT molecular complexity index is 319. The SMILES string of the molecule is O=C(CCNCCn1cccn1)NC1CC1. The molecule has 1 aliphatic carbocycles. The fourth-order valence-electron chi connectivity index (χ4n) is 1.48. The minimum absolute atomic E-state index is 0.161. The van der Waals surface area contributed by atoms with Gasteiger partial charge in [0.2, 0.25) is 5.91 Å². The van der Waals surface area contributed by atoms with Crippen LogP contribution in [-0.4, -0.2) is 34.8 Å². The molecule has 0 bridgehead atoms. The fourth-order valence-corrected chi connectivity index (χ4v) is 1.48. The van der Waals surface area contributed by atoms with Crippen LogP contribution in [0.5, 0.6) is 0 Å². The summed E-state index contributed by atoms with van der Waals surface area (Å²) in [6, 6.07) is 2.37. The molecule has 0 aliphatic heterocycles. The summed E-state index contributed by atoms with van der Waals surface area (Å²) in [5, 5.41) is 10.3. The molecule has 0 saturated heterocycles. The molecule has 1 amide bonds. The number of nitrogens with one attached hydrogen (secondary N) is 2. The molecule has 1 aliphatic rings. The Balaban J connectivity index is 1.46. The van der Waals surface area contributed by atoms with Crippen molar-refractivity contribution in [2.24, 2.45) is 0 Å². The normalized spacial score (nSPS) is 15.0. The molecular weight excluding hydrogens is 204 g/mol. The van der Waals surface area contributed by atoms with Crippen molar-refractivity contribution in [2.75, 3.05) is 13.1 Å². The molecule has 1 aromatic heterocycles. The van der Waals surface area contributed by atoms with E-state index in [1.54, 1.807) is 6.20 Å². The molecule has 5 nitrogen and oxygen atoms in total. The van der Waals surface area contributed by atoms with Gasteiger partial charge >= 0.3 is 0 Å². The van der Waals surface area contributed by atoms with Crippen LogP contribution in [0.2, 0.25) is 0 Å². The van der Waals surface area contributed by atoms with Crippen LogP contribution in [0.1, 0.15) is 19.3 Å². The van der Waals surface area contributed by atoms with Gasteiger partial charge in [-0.3, -0.25) is 9.48 Å². The quantitative estimate of drug-likeness (QED) is 0.645.